The SMILES string of the molecule is O=C(Nc1ncc(Cc2cc(Cl)ccc2Cl)s1)c1ccccc1[N+](=O)[O-]. The predicted molar refractivity (Wildman–Crippen MR) is 102 cm³/mol. The Morgan fingerprint density at radius 3 is 2.77 bits per heavy atom. The van der Waals surface area contributed by atoms with Gasteiger partial charge in [-0.1, -0.05) is 35.3 Å². The third-order valence-corrected chi connectivity index (χ3v) is 5.01. The topological polar surface area (TPSA) is 85.1 Å². The molecular weight excluding hydrogens is 397 g/mol. The van der Waals surface area contributed by atoms with Gasteiger partial charge in [-0.3, -0.25) is 20.2 Å². The van der Waals surface area contributed by atoms with Gasteiger partial charge in [0.05, 0.1) is 4.92 Å². The lowest BCUT2D eigenvalue weighted by Crippen LogP contribution is -2.13. The Kier molecular flexibility index (Phi) is 5.51. The summed E-state index contributed by atoms with van der Waals surface area (Å²) in [6, 6.07) is 10.9. The minimum atomic E-state index is -0.594. The van der Waals surface area contributed by atoms with Crippen molar-refractivity contribution in [2.45, 2.75) is 6.42 Å². The number of amides is 1. The number of carbonyl (C=O) groups is 1. The number of hydrogen-bond acceptors (Lipinski definition) is 5. The van der Waals surface area contributed by atoms with Crippen LogP contribution >= 0.6 is 34.5 Å². The summed E-state index contributed by atoms with van der Waals surface area (Å²) in [5.74, 6) is -0.584. The van der Waals surface area contributed by atoms with Crippen molar-refractivity contribution in [1.29, 1.82) is 0 Å². The number of anilines is 1. The highest BCUT2D eigenvalue weighted by Gasteiger charge is 2.20. The highest BCUT2D eigenvalue weighted by molar-refractivity contribution is 7.15. The van der Waals surface area contributed by atoms with E-state index in [1.54, 1.807) is 30.5 Å². The Bertz CT molecular complexity index is 991. The molecule has 1 amide bonds. The fraction of sp³-hybridized carbons (Fsp3) is 0.0588. The van der Waals surface area contributed by atoms with Crippen LogP contribution in [-0.4, -0.2) is 15.8 Å². The molecule has 26 heavy (non-hydrogen) atoms. The third kappa shape index (κ3) is 4.19. The first-order valence-corrected chi connectivity index (χ1v) is 8.94. The quantitative estimate of drug-likeness (QED) is 0.464. The Morgan fingerprint density at radius 2 is 2.00 bits per heavy atom. The van der Waals surface area contributed by atoms with Gasteiger partial charge in [0.25, 0.3) is 11.6 Å². The molecule has 3 aromatic rings. The standard InChI is InChI=1S/C17H11Cl2N3O3S/c18-11-5-6-14(19)10(7-11)8-12-9-20-17(26-12)21-16(23)13-3-1-2-4-15(13)22(24)25/h1-7,9H,8H2,(H,20,21,23). The van der Waals surface area contributed by atoms with Crippen LogP contribution in [0.1, 0.15) is 20.8 Å². The normalized spacial score (nSPS) is 10.5. The minimum absolute atomic E-state index is 0.0212. The van der Waals surface area contributed by atoms with E-state index in [0.717, 1.165) is 10.4 Å². The van der Waals surface area contributed by atoms with Crippen LogP contribution in [0.4, 0.5) is 10.8 Å². The fourth-order valence-electron chi connectivity index (χ4n) is 2.30. The molecule has 0 saturated carbocycles. The van der Waals surface area contributed by atoms with E-state index in [9.17, 15) is 14.9 Å². The number of nitro benzene ring substituents is 1. The molecule has 0 aliphatic rings. The molecule has 6 nitrogen and oxygen atoms in total. The zero-order valence-corrected chi connectivity index (χ0v) is 15.4. The molecule has 0 unspecified atom stereocenters. The van der Waals surface area contributed by atoms with Crippen molar-refractivity contribution in [2.24, 2.45) is 0 Å². The smallest absolute Gasteiger partial charge is 0.282 e. The number of rotatable bonds is 5. The number of thiazole rings is 1. The lowest BCUT2D eigenvalue weighted by atomic mass is 10.1. The van der Waals surface area contributed by atoms with Crippen molar-refractivity contribution in [2.75, 3.05) is 5.32 Å². The maximum atomic E-state index is 12.3. The molecule has 0 spiro atoms. The van der Waals surface area contributed by atoms with E-state index in [-0.39, 0.29) is 11.3 Å². The summed E-state index contributed by atoms with van der Waals surface area (Å²) >= 11 is 13.4. The number of aromatic nitrogens is 1. The van der Waals surface area contributed by atoms with E-state index in [2.05, 4.69) is 10.3 Å². The summed E-state index contributed by atoms with van der Waals surface area (Å²) in [4.78, 5) is 27.8. The number of benzene rings is 2. The van der Waals surface area contributed by atoms with Crippen LogP contribution in [0.3, 0.4) is 0 Å². The maximum Gasteiger partial charge on any atom is 0.282 e. The lowest BCUT2D eigenvalue weighted by molar-refractivity contribution is -0.385. The number of para-hydroxylation sites is 1. The van der Waals surface area contributed by atoms with Crippen LogP contribution in [0.2, 0.25) is 10.0 Å². The van der Waals surface area contributed by atoms with Crippen molar-refractivity contribution in [3.8, 4) is 0 Å². The molecule has 132 valence electrons. The second-order valence-corrected chi connectivity index (χ2v) is 7.23. The van der Waals surface area contributed by atoms with Gasteiger partial charge in [-0.15, -0.1) is 11.3 Å². The lowest BCUT2D eigenvalue weighted by Gasteiger charge is -2.03. The molecule has 3 rings (SSSR count). The first-order valence-electron chi connectivity index (χ1n) is 7.37. The van der Waals surface area contributed by atoms with Gasteiger partial charge in [-0.2, -0.15) is 0 Å². The molecule has 1 N–H and O–H groups in total. The highest BCUT2D eigenvalue weighted by atomic mass is 35.5. The van der Waals surface area contributed by atoms with Gasteiger partial charge < -0.3 is 0 Å². The second-order valence-electron chi connectivity index (χ2n) is 5.27. The van der Waals surface area contributed by atoms with Crippen molar-refractivity contribution in [3.63, 3.8) is 0 Å². The first-order chi connectivity index (χ1) is 12.4. The Morgan fingerprint density at radius 1 is 1.23 bits per heavy atom. The monoisotopic (exact) mass is 407 g/mol. The summed E-state index contributed by atoms with van der Waals surface area (Å²) in [5.41, 5.74) is 0.569. The summed E-state index contributed by atoms with van der Waals surface area (Å²) in [6.45, 7) is 0. The molecule has 0 saturated heterocycles. The molecule has 1 aromatic heterocycles. The fourth-order valence-corrected chi connectivity index (χ4v) is 3.51. The number of halogens is 2. The molecule has 0 radical (unpaired) electrons. The van der Waals surface area contributed by atoms with Crippen LogP contribution in [0.25, 0.3) is 0 Å². The average molecular weight is 408 g/mol. The van der Waals surface area contributed by atoms with E-state index in [1.807, 2.05) is 0 Å². The zero-order chi connectivity index (χ0) is 18.7. The summed E-state index contributed by atoms with van der Waals surface area (Å²) in [5, 5.41) is 15.1. The van der Waals surface area contributed by atoms with E-state index in [1.165, 1.54) is 29.5 Å². The first kappa shape index (κ1) is 18.3. The van der Waals surface area contributed by atoms with Crippen molar-refractivity contribution in [3.05, 3.63) is 84.8 Å². The van der Waals surface area contributed by atoms with Crippen LogP contribution in [-0.2, 0) is 6.42 Å². The number of nitrogens with zero attached hydrogens (tertiary/aromatic N) is 2. The number of carbonyl (C=O) groups excluding carboxylic acids is 1. The average Bonchev–Trinajstić information content (AvgIpc) is 3.05. The largest absolute Gasteiger partial charge is 0.298 e. The van der Waals surface area contributed by atoms with Crippen LogP contribution < -0.4 is 5.32 Å². The number of nitro groups is 1. The summed E-state index contributed by atoms with van der Waals surface area (Å²) < 4.78 is 0. The van der Waals surface area contributed by atoms with Crippen molar-refractivity contribution >= 4 is 51.3 Å². The van der Waals surface area contributed by atoms with Gasteiger partial charge in [0.15, 0.2) is 5.13 Å². The van der Waals surface area contributed by atoms with E-state index in [4.69, 9.17) is 23.2 Å². The van der Waals surface area contributed by atoms with Gasteiger partial charge in [0.1, 0.15) is 5.56 Å². The molecule has 1 heterocycles. The van der Waals surface area contributed by atoms with Crippen LogP contribution in [0.15, 0.2) is 48.7 Å². The maximum absolute atomic E-state index is 12.3. The highest BCUT2D eigenvalue weighted by Crippen LogP contribution is 2.27. The van der Waals surface area contributed by atoms with E-state index in [0.29, 0.717) is 21.6 Å². The molecular formula is C17H11Cl2N3O3S. The molecule has 9 heteroatoms. The molecule has 0 bridgehead atoms. The van der Waals surface area contributed by atoms with Gasteiger partial charge in [-0.05, 0) is 29.8 Å². The number of nitrogens with one attached hydrogen (secondary N) is 1. The summed E-state index contributed by atoms with van der Waals surface area (Å²) in [6.07, 6.45) is 2.13. The Labute approximate surface area is 162 Å². The minimum Gasteiger partial charge on any atom is -0.298 e. The predicted octanol–water partition coefficient (Wildman–Crippen LogP) is 5.20. The van der Waals surface area contributed by atoms with Gasteiger partial charge >= 0.3 is 0 Å². The molecule has 0 aliphatic carbocycles. The van der Waals surface area contributed by atoms with Crippen molar-refractivity contribution in [1.82, 2.24) is 4.98 Å². The third-order valence-electron chi connectivity index (χ3n) is 3.49. The molecule has 0 atom stereocenters. The zero-order valence-electron chi connectivity index (χ0n) is 13.1. The van der Waals surface area contributed by atoms with Crippen molar-refractivity contribution < 1.29 is 9.72 Å². The van der Waals surface area contributed by atoms with E-state index < -0.39 is 10.8 Å². The summed E-state index contributed by atoms with van der Waals surface area (Å²) in [7, 11) is 0. The molecule has 0 fully saturated rings. The Hall–Kier alpha value is -2.48. The van der Waals surface area contributed by atoms with Gasteiger partial charge in [0, 0.05) is 33.6 Å². The Balaban J connectivity index is 1.76. The van der Waals surface area contributed by atoms with Crippen LogP contribution in [0.5, 0.6) is 0 Å². The molecule has 0 aliphatic heterocycles. The van der Waals surface area contributed by atoms with Crippen LogP contribution in [0, 0.1) is 10.1 Å². The molecule has 2 aromatic carbocycles. The second kappa shape index (κ2) is 7.82. The number of hydrogen-bond donors (Lipinski definition) is 1. The van der Waals surface area contributed by atoms with Gasteiger partial charge in [0.2, 0.25) is 0 Å². The van der Waals surface area contributed by atoms with E-state index >= 15 is 0 Å². The van der Waals surface area contributed by atoms with Gasteiger partial charge in [-0.25, -0.2) is 4.98 Å².